The van der Waals surface area contributed by atoms with Gasteiger partial charge in [0.15, 0.2) is 0 Å². The number of aromatic nitrogens is 2. The summed E-state index contributed by atoms with van der Waals surface area (Å²) in [5, 5.41) is 3.16. The number of nitrogens with one attached hydrogen (secondary N) is 2. The van der Waals surface area contributed by atoms with E-state index in [4.69, 9.17) is 16.3 Å². The van der Waals surface area contributed by atoms with Crippen molar-refractivity contribution >= 4 is 17.5 Å². The van der Waals surface area contributed by atoms with Crippen LogP contribution in [0.5, 0.6) is 0 Å². The Kier molecular flexibility index (Phi) is 9.19. The summed E-state index contributed by atoms with van der Waals surface area (Å²) in [6, 6.07) is 9.06. The van der Waals surface area contributed by atoms with Crippen molar-refractivity contribution in [1.29, 1.82) is 0 Å². The van der Waals surface area contributed by atoms with E-state index in [1.54, 1.807) is 12.1 Å². The number of H-pyrrole nitrogens is 1. The monoisotopic (exact) mass is 587 g/mol. The Labute approximate surface area is 229 Å². The first kappa shape index (κ1) is 29.6. The molecule has 0 unspecified atom stereocenters. The van der Waals surface area contributed by atoms with Crippen molar-refractivity contribution in [3.8, 4) is 11.4 Å². The molecule has 1 aliphatic carbocycles. The van der Waals surface area contributed by atoms with Gasteiger partial charge in [-0.1, -0.05) is 29.8 Å². The number of amides is 1. The molecule has 3 aromatic rings. The molecule has 4 rings (SSSR count). The topological polar surface area (TPSA) is 84.1 Å². The fourth-order valence-corrected chi connectivity index (χ4v) is 4.67. The van der Waals surface area contributed by atoms with Crippen LogP contribution in [0.4, 0.5) is 26.3 Å². The van der Waals surface area contributed by atoms with Crippen molar-refractivity contribution in [2.45, 2.75) is 57.5 Å². The summed E-state index contributed by atoms with van der Waals surface area (Å²) >= 11 is 5.88. The SMILES string of the molecule is O=C(NCc1ccc(C(F)(F)F)c(-c2nc(C(F)F)cc(=O)[nH]2)c1F)C1CCC(OCc2ccc(Cl)cc2)CC1. The summed E-state index contributed by atoms with van der Waals surface area (Å²) in [7, 11) is 0. The van der Waals surface area contributed by atoms with Crippen LogP contribution in [0.1, 0.15) is 54.5 Å². The van der Waals surface area contributed by atoms with E-state index in [2.05, 4.69) is 10.3 Å². The first-order valence-electron chi connectivity index (χ1n) is 12.3. The zero-order valence-corrected chi connectivity index (χ0v) is 21.6. The summed E-state index contributed by atoms with van der Waals surface area (Å²) < 4.78 is 88.4. The molecule has 2 N–H and O–H groups in total. The number of hydrogen-bond acceptors (Lipinski definition) is 4. The van der Waals surface area contributed by atoms with Gasteiger partial charge >= 0.3 is 6.18 Å². The largest absolute Gasteiger partial charge is 0.417 e. The van der Waals surface area contributed by atoms with Crippen molar-refractivity contribution in [2.75, 3.05) is 0 Å². The van der Waals surface area contributed by atoms with Crippen LogP contribution in [-0.2, 0) is 28.9 Å². The van der Waals surface area contributed by atoms with E-state index in [1.165, 1.54) is 0 Å². The molecule has 1 aromatic heterocycles. The van der Waals surface area contributed by atoms with Gasteiger partial charge in [-0.3, -0.25) is 9.59 Å². The molecule has 40 heavy (non-hydrogen) atoms. The minimum atomic E-state index is -5.08. The standard InChI is InChI=1S/C27H24ClF6N3O3/c28-17-6-1-14(2-7-17)13-40-18-8-3-15(4-9-18)26(39)35-12-16-5-10-19(27(32,33)34)22(23(16)29)25-36-20(24(30)31)11-21(38)37-25/h1-2,5-7,10-11,15,18,24H,3-4,8-9,12-13H2,(H,35,39)(H,36,37,38). The van der Waals surface area contributed by atoms with E-state index < -0.39 is 65.0 Å². The zero-order valence-electron chi connectivity index (χ0n) is 20.8. The first-order valence-corrected chi connectivity index (χ1v) is 12.7. The molecule has 0 saturated heterocycles. The minimum absolute atomic E-state index is 0.0479. The van der Waals surface area contributed by atoms with E-state index in [-0.39, 0.29) is 11.7 Å². The molecule has 2 aromatic carbocycles. The number of carbonyl (C=O) groups is 1. The number of aromatic amines is 1. The number of alkyl halides is 5. The second kappa shape index (κ2) is 12.4. The van der Waals surface area contributed by atoms with Gasteiger partial charge in [-0.2, -0.15) is 13.2 Å². The lowest BCUT2D eigenvalue weighted by molar-refractivity contribution is -0.137. The number of carbonyl (C=O) groups excluding carboxylic acids is 1. The molecule has 214 valence electrons. The fraction of sp³-hybridized carbons (Fsp3) is 0.370. The highest BCUT2D eigenvalue weighted by molar-refractivity contribution is 6.30. The Balaban J connectivity index is 1.42. The molecule has 0 bridgehead atoms. The molecule has 13 heteroatoms. The Morgan fingerprint density at radius 2 is 1.77 bits per heavy atom. The van der Waals surface area contributed by atoms with E-state index in [1.807, 2.05) is 17.1 Å². The highest BCUT2D eigenvalue weighted by Crippen LogP contribution is 2.38. The summed E-state index contributed by atoms with van der Waals surface area (Å²) in [6.45, 7) is -0.0594. The number of rotatable bonds is 8. The molecule has 1 fully saturated rings. The number of nitrogens with zero attached hydrogens (tertiary/aromatic N) is 1. The molecule has 0 spiro atoms. The van der Waals surface area contributed by atoms with Crippen LogP contribution in [-0.4, -0.2) is 22.0 Å². The van der Waals surface area contributed by atoms with Crippen molar-refractivity contribution in [3.05, 3.63) is 86.0 Å². The Morgan fingerprint density at radius 3 is 2.40 bits per heavy atom. The molecule has 1 saturated carbocycles. The second-order valence-electron chi connectivity index (χ2n) is 9.41. The lowest BCUT2D eigenvalue weighted by Gasteiger charge is -2.28. The van der Waals surface area contributed by atoms with Crippen LogP contribution in [0.2, 0.25) is 5.02 Å². The molecule has 0 atom stereocenters. The van der Waals surface area contributed by atoms with Gasteiger partial charge in [0, 0.05) is 29.1 Å². The number of halogens is 7. The normalized spacial score (nSPS) is 17.7. The molecule has 6 nitrogen and oxygen atoms in total. The van der Waals surface area contributed by atoms with Crippen LogP contribution in [0.15, 0.2) is 47.3 Å². The van der Waals surface area contributed by atoms with Crippen molar-refractivity contribution in [1.82, 2.24) is 15.3 Å². The fourth-order valence-electron chi connectivity index (χ4n) is 4.54. The highest BCUT2D eigenvalue weighted by Gasteiger charge is 2.37. The van der Waals surface area contributed by atoms with E-state index in [0.717, 1.165) is 11.6 Å². The van der Waals surface area contributed by atoms with Gasteiger partial charge in [-0.15, -0.1) is 0 Å². The van der Waals surface area contributed by atoms with Gasteiger partial charge in [-0.05, 0) is 49.4 Å². The van der Waals surface area contributed by atoms with Gasteiger partial charge in [-0.25, -0.2) is 18.2 Å². The number of hydrogen-bond donors (Lipinski definition) is 2. The number of benzene rings is 2. The first-order chi connectivity index (χ1) is 18.9. The quantitative estimate of drug-likeness (QED) is 0.292. The van der Waals surface area contributed by atoms with Crippen LogP contribution in [0.3, 0.4) is 0 Å². The molecule has 1 amide bonds. The van der Waals surface area contributed by atoms with Gasteiger partial charge in [0.25, 0.3) is 12.0 Å². The van der Waals surface area contributed by atoms with Crippen LogP contribution in [0, 0.1) is 11.7 Å². The van der Waals surface area contributed by atoms with Gasteiger partial charge in [0.2, 0.25) is 5.91 Å². The summed E-state index contributed by atoms with van der Waals surface area (Å²) in [4.78, 5) is 29.8. The Hall–Kier alpha value is -3.38. The average Bonchev–Trinajstić information content (AvgIpc) is 2.91. The lowest BCUT2D eigenvalue weighted by atomic mass is 9.86. The third kappa shape index (κ3) is 7.22. The lowest BCUT2D eigenvalue weighted by Crippen LogP contribution is -2.34. The Morgan fingerprint density at radius 1 is 1.10 bits per heavy atom. The molecular formula is C27H24ClF6N3O3. The smallest absolute Gasteiger partial charge is 0.374 e. The van der Waals surface area contributed by atoms with E-state index in [0.29, 0.717) is 49.4 Å². The van der Waals surface area contributed by atoms with Crippen molar-refractivity contribution in [2.24, 2.45) is 5.92 Å². The van der Waals surface area contributed by atoms with Gasteiger partial charge in [0.1, 0.15) is 17.3 Å². The maximum Gasteiger partial charge on any atom is 0.417 e. The van der Waals surface area contributed by atoms with Crippen molar-refractivity contribution in [3.63, 3.8) is 0 Å². The predicted octanol–water partition coefficient (Wildman–Crippen LogP) is 6.58. The molecule has 1 aliphatic rings. The minimum Gasteiger partial charge on any atom is -0.374 e. The van der Waals surface area contributed by atoms with E-state index >= 15 is 4.39 Å². The maximum atomic E-state index is 15.4. The zero-order chi connectivity index (χ0) is 29.0. The predicted molar refractivity (Wildman–Crippen MR) is 134 cm³/mol. The third-order valence-corrected chi connectivity index (χ3v) is 6.90. The molecule has 1 heterocycles. The maximum absolute atomic E-state index is 15.4. The summed E-state index contributed by atoms with van der Waals surface area (Å²) in [6.07, 6.45) is -6.15. The van der Waals surface area contributed by atoms with E-state index in [9.17, 15) is 31.5 Å². The van der Waals surface area contributed by atoms with Gasteiger partial charge in [0.05, 0.1) is 23.8 Å². The third-order valence-electron chi connectivity index (χ3n) is 6.65. The van der Waals surface area contributed by atoms with Crippen LogP contribution in [0.25, 0.3) is 11.4 Å². The van der Waals surface area contributed by atoms with Crippen molar-refractivity contribution < 1.29 is 35.9 Å². The summed E-state index contributed by atoms with van der Waals surface area (Å²) in [5.41, 5.74) is -4.33. The second-order valence-corrected chi connectivity index (χ2v) is 9.84. The molecule has 0 radical (unpaired) electrons. The average molecular weight is 588 g/mol. The van der Waals surface area contributed by atoms with Gasteiger partial charge < -0.3 is 15.0 Å². The highest BCUT2D eigenvalue weighted by atomic mass is 35.5. The summed E-state index contributed by atoms with van der Waals surface area (Å²) in [5.74, 6) is -3.22. The van der Waals surface area contributed by atoms with Crippen LogP contribution < -0.4 is 10.9 Å². The van der Waals surface area contributed by atoms with Crippen LogP contribution >= 0.6 is 11.6 Å². The Bertz CT molecular complexity index is 1400. The number of ether oxygens (including phenoxy) is 1. The molecular weight excluding hydrogens is 564 g/mol. The molecule has 0 aliphatic heterocycles.